The van der Waals surface area contributed by atoms with E-state index in [1.165, 1.54) is 6.07 Å². The molecule has 4 heteroatoms. The number of hydrogen-bond acceptors (Lipinski definition) is 3. The van der Waals surface area contributed by atoms with Gasteiger partial charge in [0.25, 0.3) is 0 Å². The van der Waals surface area contributed by atoms with Crippen LogP contribution in [0, 0.1) is 5.82 Å². The van der Waals surface area contributed by atoms with Crippen LogP contribution in [0.25, 0.3) is 0 Å². The molecule has 0 amide bonds. The summed E-state index contributed by atoms with van der Waals surface area (Å²) in [6.07, 6.45) is 2.83. The van der Waals surface area contributed by atoms with Gasteiger partial charge in [-0.3, -0.25) is 0 Å². The Labute approximate surface area is 102 Å². The summed E-state index contributed by atoms with van der Waals surface area (Å²) in [5, 5.41) is 8.66. The van der Waals surface area contributed by atoms with E-state index in [0.29, 0.717) is 17.8 Å². The van der Waals surface area contributed by atoms with E-state index in [4.69, 9.17) is 10.8 Å². The van der Waals surface area contributed by atoms with Crippen LogP contribution in [0.1, 0.15) is 24.8 Å². The van der Waals surface area contributed by atoms with Crippen LogP contribution < -0.4 is 5.73 Å². The van der Waals surface area contributed by atoms with Gasteiger partial charge in [-0.15, -0.1) is 0 Å². The van der Waals surface area contributed by atoms with E-state index in [1.807, 2.05) is 11.9 Å². The molecule has 0 atom stereocenters. The lowest BCUT2D eigenvalue weighted by molar-refractivity contribution is 0.270. The molecule has 0 fully saturated rings. The van der Waals surface area contributed by atoms with Crippen LogP contribution >= 0.6 is 0 Å². The normalized spacial score (nSPS) is 11.1. The van der Waals surface area contributed by atoms with Crippen molar-refractivity contribution in [3.63, 3.8) is 0 Å². The minimum absolute atomic E-state index is 0.240. The zero-order valence-electron chi connectivity index (χ0n) is 10.3. The quantitative estimate of drug-likeness (QED) is 0.566. The van der Waals surface area contributed by atoms with Crippen LogP contribution in [0.15, 0.2) is 18.2 Å². The van der Waals surface area contributed by atoms with Crippen LogP contribution in [0.2, 0.25) is 0 Å². The minimum atomic E-state index is -0.243. The Morgan fingerprint density at radius 1 is 1.29 bits per heavy atom. The minimum Gasteiger partial charge on any atom is -0.398 e. The van der Waals surface area contributed by atoms with Gasteiger partial charge in [0, 0.05) is 24.4 Å². The van der Waals surface area contributed by atoms with Gasteiger partial charge in [0.1, 0.15) is 5.82 Å². The Morgan fingerprint density at radius 3 is 2.71 bits per heavy atom. The van der Waals surface area contributed by atoms with E-state index in [-0.39, 0.29) is 12.4 Å². The van der Waals surface area contributed by atoms with E-state index in [9.17, 15) is 4.39 Å². The third-order valence-electron chi connectivity index (χ3n) is 2.78. The largest absolute Gasteiger partial charge is 0.398 e. The van der Waals surface area contributed by atoms with E-state index in [1.54, 1.807) is 12.1 Å². The number of hydrogen-bond donors (Lipinski definition) is 2. The molecule has 96 valence electrons. The standard InChI is InChI=1S/C13H21FN2O/c1-16(8-3-2-4-9-17)10-11-12(14)6-5-7-13(11)15/h5-7,17H,2-4,8-10,15H2,1H3. The number of nitrogens with two attached hydrogens (primary N) is 1. The number of aliphatic hydroxyl groups is 1. The molecule has 1 aromatic carbocycles. The molecule has 0 saturated carbocycles. The highest BCUT2D eigenvalue weighted by Crippen LogP contribution is 2.17. The number of rotatable bonds is 7. The van der Waals surface area contributed by atoms with Gasteiger partial charge in [-0.05, 0) is 45.0 Å². The summed E-state index contributed by atoms with van der Waals surface area (Å²) in [6, 6.07) is 4.78. The van der Waals surface area contributed by atoms with Gasteiger partial charge < -0.3 is 15.7 Å². The molecule has 0 heterocycles. The molecule has 1 aromatic rings. The molecule has 0 aliphatic rings. The smallest absolute Gasteiger partial charge is 0.129 e. The van der Waals surface area contributed by atoms with Gasteiger partial charge in [-0.2, -0.15) is 0 Å². The van der Waals surface area contributed by atoms with Crippen LogP contribution in [-0.4, -0.2) is 30.2 Å². The van der Waals surface area contributed by atoms with Crippen molar-refractivity contribution in [2.75, 3.05) is 25.9 Å². The van der Waals surface area contributed by atoms with Crippen LogP contribution in [-0.2, 0) is 6.54 Å². The first-order valence-corrected chi connectivity index (χ1v) is 5.97. The van der Waals surface area contributed by atoms with Gasteiger partial charge in [0.2, 0.25) is 0 Å². The number of nitrogens with zero attached hydrogens (tertiary/aromatic N) is 1. The fraction of sp³-hybridized carbons (Fsp3) is 0.538. The summed E-state index contributed by atoms with van der Waals surface area (Å²) in [6.45, 7) is 1.65. The molecule has 0 radical (unpaired) electrons. The second kappa shape index (κ2) is 7.25. The molecule has 0 bridgehead atoms. The molecule has 0 aliphatic carbocycles. The van der Waals surface area contributed by atoms with Crippen LogP contribution in [0.4, 0.5) is 10.1 Å². The number of aliphatic hydroxyl groups excluding tert-OH is 1. The molecule has 3 nitrogen and oxygen atoms in total. The van der Waals surface area contributed by atoms with Gasteiger partial charge in [-0.25, -0.2) is 4.39 Å². The summed E-state index contributed by atoms with van der Waals surface area (Å²) in [5.41, 5.74) is 6.82. The predicted molar refractivity (Wildman–Crippen MR) is 68.1 cm³/mol. The maximum Gasteiger partial charge on any atom is 0.129 e. The zero-order chi connectivity index (χ0) is 12.7. The molecule has 0 aliphatic heterocycles. The summed E-state index contributed by atoms with van der Waals surface area (Å²) < 4.78 is 13.5. The number of nitrogen functional groups attached to an aromatic ring is 1. The summed E-state index contributed by atoms with van der Waals surface area (Å²) in [5.74, 6) is -0.243. The third-order valence-corrected chi connectivity index (χ3v) is 2.78. The van der Waals surface area contributed by atoms with Crippen molar-refractivity contribution < 1.29 is 9.50 Å². The van der Waals surface area contributed by atoms with E-state index in [2.05, 4.69) is 0 Å². The first-order chi connectivity index (χ1) is 8.15. The van der Waals surface area contributed by atoms with Crippen molar-refractivity contribution >= 4 is 5.69 Å². The average Bonchev–Trinajstić information content (AvgIpc) is 2.30. The molecule has 17 heavy (non-hydrogen) atoms. The summed E-state index contributed by atoms with van der Waals surface area (Å²) >= 11 is 0. The van der Waals surface area contributed by atoms with Crippen molar-refractivity contribution in [1.29, 1.82) is 0 Å². The lowest BCUT2D eigenvalue weighted by Gasteiger charge is -2.18. The van der Waals surface area contributed by atoms with Crippen molar-refractivity contribution in [3.8, 4) is 0 Å². The van der Waals surface area contributed by atoms with E-state index in [0.717, 1.165) is 25.8 Å². The summed E-state index contributed by atoms with van der Waals surface area (Å²) in [4.78, 5) is 2.05. The number of unbranched alkanes of at least 4 members (excludes halogenated alkanes) is 2. The van der Waals surface area contributed by atoms with Gasteiger partial charge in [-0.1, -0.05) is 6.07 Å². The number of benzene rings is 1. The second-order valence-corrected chi connectivity index (χ2v) is 4.33. The molecule has 0 saturated heterocycles. The van der Waals surface area contributed by atoms with Gasteiger partial charge in [0.05, 0.1) is 0 Å². The lowest BCUT2D eigenvalue weighted by atomic mass is 10.1. The molecular weight excluding hydrogens is 219 g/mol. The SMILES string of the molecule is CN(CCCCCO)Cc1c(N)cccc1F. The highest BCUT2D eigenvalue weighted by molar-refractivity contribution is 5.47. The Bertz CT molecular complexity index is 324. The van der Waals surface area contributed by atoms with Crippen molar-refractivity contribution in [3.05, 3.63) is 29.6 Å². The maximum absolute atomic E-state index is 13.5. The topological polar surface area (TPSA) is 49.5 Å². The van der Waals surface area contributed by atoms with Crippen molar-refractivity contribution in [1.82, 2.24) is 4.90 Å². The second-order valence-electron chi connectivity index (χ2n) is 4.33. The third kappa shape index (κ3) is 4.71. The Balaban J connectivity index is 2.42. The fourth-order valence-corrected chi connectivity index (χ4v) is 1.76. The Morgan fingerprint density at radius 2 is 2.06 bits per heavy atom. The number of halogens is 1. The van der Waals surface area contributed by atoms with E-state index >= 15 is 0 Å². The molecule has 0 aromatic heterocycles. The molecule has 3 N–H and O–H groups in total. The van der Waals surface area contributed by atoms with Crippen LogP contribution in [0.5, 0.6) is 0 Å². The first kappa shape index (κ1) is 13.9. The highest BCUT2D eigenvalue weighted by atomic mass is 19.1. The molecule has 0 spiro atoms. The monoisotopic (exact) mass is 240 g/mol. The predicted octanol–water partition coefficient (Wildman–Crippen LogP) is 2.00. The highest BCUT2D eigenvalue weighted by Gasteiger charge is 2.08. The average molecular weight is 240 g/mol. The number of anilines is 1. The molecular formula is C13H21FN2O. The van der Waals surface area contributed by atoms with Gasteiger partial charge in [0.15, 0.2) is 0 Å². The van der Waals surface area contributed by atoms with Gasteiger partial charge >= 0.3 is 0 Å². The maximum atomic E-state index is 13.5. The Kier molecular flexibility index (Phi) is 5.94. The molecule has 0 unspecified atom stereocenters. The van der Waals surface area contributed by atoms with Crippen molar-refractivity contribution in [2.24, 2.45) is 0 Å². The zero-order valence-corrected chi connectivity index (χ0v) is 10.3. The van der Waals surface area contributed by atoms with Crippen molar-refractivity contribution in [2.45, 2.75) is 25.8 Å². The lowest BCUT2D eigenvalue weighted by Crippen LogP contribution is -2.20. The van der Waals surface area contributed by atoms with Crippen LogP contribution in [0.3, 0.4) is 0 Å². The summed E-state index contributed by atoms with van der Waals surface area (Å²) in [7, 11) is 1.95. The van der Waals surface area contributed by atoms with E-state index < -0.39 is 0 Å². The Hall–Kier alpha value is -1.13. The molecule has 1 rings (SSSR count). The fourth-order valence-electron chi connectivity index (χ4n) is 1.76. The first-order valence-electron chi connectivity index (χ1n) is 5.97.